The fourth-order valence-corrected chi connectivity index (χ4v) is 3.59. The van der Waals surface area contributed by atoms with Crippen LogP contribution in [0.25, 0.3) is 6.08 Å². The second-order valence-electron chi connectivity index (χ2n) is 7.44. The first kappa shape index (κ1) is 20.7. The van der Waals surface area contributed by atoms with Crippen molar-refractivity contribution in [2.24, 2.45) is 4.99 Å². The van der Waals surface area contributed by atoms with Crippen LogP contribution in [0.15, 0.2) is 53.2 Å². The van der Waals surface area contributed by atoms with Crippen LogP contribution in [0, 0.1) is 6.92 Å². The lowest BCUT2D eigenvalue weighted by atomic mass is 10.1. The third kappa shape index (κ3) is 4.60. The van der Waals surface area contributed by atoms with Gasteiger partial charge in [-0.15, -0.1) is 0 Å². The molecular formula is C24H24N2O5. The van der Waals surface area contributed by atoms with Gasteiger partial charge in [0.1, 0.15) is 0 Å². The number of carbonyl (C=O) groups excluding carboxylic acids is 2. The molecule has 0 unspecified atom stereocenters. The van der Waals surface area contributed by atoms with E-state index in [9.17, 15) is 9.59 Å². The molecule has 0 N–H and O–H groups in total. The number of ether oxygens (including phenoxy) is 3. The molecule has 0 spiro atoms. The van der Waals surface area contributed by atoms with E-state index >= 15 is 0 Å². The number of aryl methyl sites for hydroxylation is 1. The minimum Gasteiger partial charge on any atom is -0.493 e. The van der Waals surface area contributed by atoms with E-state index in [1.54, 1.807) is 29.2 Å². The van der Waals surface area contributed by atoms with Gasteiger partial charge in [0, 0.05) is 18.7 Å². The summed E-state index contributed by atoms with van der Waals surface area (Å²) in [6, 6.07) is 12.8. The number of nitrogens with zero attached hydrogens (tertiary/aromatic N) is 2. The maximum atomic E-state index is 12.3. The highest BCUT2D eigenvalue weighted by Gasteiger charge is 2.25. The van der Waals surface area contributed by atoms with Crippen LogP contribution in [0.1, 0.15) is 29.5 Å². The normalized spacial score (nSPS) is 17.0. The molecule has 1 amide bonds. The minimum atomic E-state index is -0.506. The number of amides is 1. The van der Waals surface area contributed by atoms with Gasteiger partial charge in [-0.1, -0.05) is 24.3 Å². The number of benzene rings is 2. The second kappa shape index (κ2) is 9.04. The van der Waals surface area contributed by atoms with Gasteiger partial charge in [0.2, 0.25) is 5.90 Å². The van der Waals surface area contributed by atoms with E-state index in [2.05, 4.69) is 4.99 Å². The van der Waals surface area contributed by atoms with Crippen molar-refractivity contribution in [1.29, 1.82) is 0 Å². The number of esters is 1. The van der Waals surface area contributed by atoms with E-state index in [1.165, 1.54) is 7.11 Å². The third-order valence-electron chi connectivity index (χ3n) is 5.30. The van der Waals surface area contributed by atoms with Crippen LogP contribution in [0.5, 0.6) is 11.5 Å². The van der Waals surface area contributed by atoms with Crippen molar-refractivity contribution in [3.8, 4) is 11.5 Å². The fourth-order valence-electron chi connectivity index (χ4n) is 3.59. The molecule has 1 fully saturated rings. The van der Waals surface area contributed by atoms with Crippen LogP contribution in [-0.2, 0) is 14.3 Å². The summed E-state index contributed by atoms with van der Waals surface area (Å²) in [6.45, 7) is 3.47. The summed E-state index contributed by atoms with van der Waals surface area (Å²) in [5, 5.41) is 0. The Morgan fingerprint density at radius 1 is 1.16 bits per heavy atom. The molecule has 0 aromatic heterocycles. The summed E-state index contributed by atoms with van der Waals surface area (Å²) in [4.78, 5) is 30.7. The molecule has 2 heterocycles. The van der Waals surface area contributed by atoms with Crippen molar-refractivity contribution >= 4 is 23.9 Å². The average Bonchev–Trinajstić information content (AvgIpc) is 3.43. The third-order valence-corrected chi connectivity index (χ3v) is 5.30. The highest BCUT2D eigenvalue weighted by atomic mass is 16.6. The zero-order chi connectivity index (χ0) is 21.8. The molecule has 0 saturated carbocycles. The average molecular weight is 420 g/mol. The van der Waals surface area contributed by atoms with Crippen molar-refractivity contribution in [3.63, 3.8) is 0 Å². The molecular weight excluding hydrogens is 396 g/mol. The fraction of sp³-hybridized carbons (Fsp3) is 0.292. The zero-order valence-corrected chi connectivity index (χ0v) is 17.6. The number of carbonyl (C=O) groups is 2. The predicted octanol–water partition coefficient (Wildman–Crippen LogP) is 3.35. The van der Waals surface area contributed by atoms with Gasteiger partial charge in [-0.05, 0) is 55.2 Å². The second-order valence-corrected chi connectivity index (χ2v) is 7.44. The molecule has 2 aromatic rings. The first-order valence-electron chi connectivity index (χ1n) is 10.2. The Morgan fingerprint density at radius 2 is 1.94 bits per heavy atom. The number of methoxy groups -OCH3 is 1. The van der Waals surface area contributed by atoms with E-state index in [1.807, 2.05) is 31.2 Å². The summed E-state index contributed by atoms with van der Waals surface area (Å²) in [5.41, 5.74) is 2.67. The monoisotopic (exact) mass is 420 g/mol. The van der Waals surface area contributed by atoms with Crippen molar-refractivity contribution in [2.75, 3.05) is 26.8 Å². The smallest absolute Gasteiger partial charge is 0.363 e. The van der Waals surface area contributed by atoms with Gasteiger partial charge in [-0.25, -0.2) is 9.79 Å². The Hall–Kier alpha value is -3.61. The van der Waals surface area contributed by atoms with Crippen molar-refractivity contribution in [3.05, 3.63) is 64.9 Å². The van der Waals surface area contributed by atoms with Gasteiger partial charge >= 0.3 is 5.97 Å². The molecule has 2 aliphatic heterocycles. The first-order valence-corrected chi connectivity index (χ1v) is 10.2. The molecule has 1 saturated heterocycles. The van der Waals surface area contributed by atoms with Crippen LogP contribution in [-0.4, -0.2) is 49.5 Å². The lowest BCUT2D eigenvalue weighted by Crippen LogP contribution is -2.32. The highest BCUT2D eigenvalue weighted by Crippen LogP contribution is 2.30. The van der Waals surface area contributed by atoms with Crippen molar-refractivity contribution in [1.82, 2.24) is 4.90 Å². The topological polar surface area (TPSA) is 77.4 Å². The molecule has 160 valence electrons. The zero-order valence-electron chi connectivity index (χ0n) is 17.6. The van der Waals surface area contributed by atoms with Gasteiger partial charge in [0.25, 0.3) is 5.91 Å². The van der Waals surface area contributed by atoms with E-state index < -0.39 is 5.97 Å². The highest BCUT2D eigenvalue weighted by molar-refractivity contribution is 6.13. The Balaban J connectivity index is 1.50. The Bertz CT molecular complexity index is 1070. The lowest BCUT2D eigenvalue weighted by Gasteiger charge is -2.16. The van der Waals surface area contributed by atoms with Gasteiger partial charge < -0.3 is 19.1 Å². The summed E-state index contributed by atoms with van der Waals surface area (Å²) < 4.78 is 16.4. The van der Waals surface area contributed by atoms with E-state index in [0.717, 1.165) is 37.1 Å². The summed E-state index contributed by atoms with van der Waals surface area (Å²) >= 11 is 0. The number of hydrogen-bond donors (Lipinski definition) is 0. The van der Waals surface area contributed by atoms with Gasteiger partial charge in [0.15, 0.2) is 23.8 Å². The Labute approximate surface area is 180 Å². The molecule has 7 heteroatoms. The first-order chi connectivity index (χ1) is 15.0. The van der Waals surface area contributed by atoms with Crippen LogP contribution in [0.4, 0.5) is 0 Å². The molecule has 2 aliphatic rings. The lowest BCUT2D eigenvalue weighted by molar-refractivity contribution is -0.132. The molecule has 2 aromatic carbocycles. The van der Waals surface area contributed by atoms with Gasteiger partial charge in [-0.2, -0.15) is 0 Å². The molecule has 0 bridgehead atoms. The van der Waals surface area contributed by atoms with Crippen molar-refractivity contribution in [2.45, 2.75) is 19.8 Å². The molecule has 31 heavy (non-hydrogen) atoms. The number of likely N-dealkylation sites (tertiary alicyclic amines) is 1. The molecule has 0 radical (unpaired) electrons. The number of aliphatic imine (C=N–C) groups is 1. The van der Waals surface area contributed by atoms with Crippen LogP contribution in [0.2, 0.25) is 0 Å². The quantitative estimate of drug-likeness (QED) is 0.529. The molecule has 4 rings (SSSR count). The Morgan fingerprint density at radius 3 is 2.68 bits per heavy atom. The summed E-state index contributed by atoms with van der Waals surface area (Å²) in [7, 11) is 1.53. The van der Waals surface area contributed by atoms with Crippen LogP contribution < -0.4 is 9.47 Å². The standard InChI is InChI=1S/C24H24N2O5/c1-16-7-3-4-8-18(16)23-25-19(24(28)31-23)13-17-9-10-20(21(14-17)29-2)30-15-22(27)26-11-5-6-12-26/h3-4,7-10,13-14H,5-6,11-12,15H2,1-2H3. The molecule has 7 nitrogen and oxygen atoms in total. The van der Waals surface area contributed by atoms with E-state index in [-0.39, 0.29) is 18.2 Å². The summed E-state index contributed by atoms with van der Waals surface area (Å²) in [6.07, 6.45) is 3.71. The maximum Gasteiger partial charge on any atom is 0.363 e. The van der Waals surface area contributed by atoms with Gasteiger partial charge in [0.05, 0.1) is 7.11 Å². The van der Waals surface area contributed by atoms with E-state index in [0.29, 0.717) is 23.0 Å². The SMILES string of the molecule is COc1cc(C=C2N=C(c3ccccc3C)OC2=O)ccc1OCC(=O)N1CCCC1. The molecule has 0 atom stereocenters. The molecule has 0 aliphatic carbocycles. The van der Waals surface area contributed by atoms with Crippen LogP contribution in [0.3, 0.4) is 0 Å². The number of rotatable bonds is 6. The Kier molecular flexibility index (Phi) is 6.02. The minimum absolute atomic E-state index is 0.0301. The summed E-state index contributed by atoms with van der Waals surface area (Å²) in [5.74, 6) is 0.696. The predicted molar refractivity (Wildman–Crippen MR) is 116 cm³/mol. The van der Waals surface area contributed by atoms with Gasteiger partial charge in [-0.3, -0.25) is 4.79 Å². The largest absolute Gasteiger partial charge is 0.493 e. The van der Waals surface area contributed by atoms with Crippen molar-refractivity contribution < 1.29 is 23.8 Å². The van der Waals surface area contributed by atoms with E-state index in [4.69, 9.17) is 14.2 Å². The van der Waals surface area contributed by atoms with Crippen LogP contribution >= 0.6 is 0 Å². The number of hydrogen-bond acceptors (Lipinski definition) is 6. The number of cyclic esters (lactones) is 1. The maximum absolute atomic E-state index is 12.3.